The van der Waals surface area contributed by atoms with Crippen LogP contribution in [0.4, 0.5) is 0 Å². The van der Waals surface area contributed by atoms with E-state index in [0.29, 0.717) is 18.8 Å². The average molecular weight is 285 g/mol. The predicted octanol–water partition coefficient (Wildman–Crippen LogP) is 1.54. The Morgan fingerprint density at radius 1 is 1.29 bits per heavy atom. The summed E-state index contributed by atoms with van der Waals surface area (Å²) < 4.78 is 5.49. The minimum atomic E-state index is -0.178. The highest BCUT2D eigenvalue weighted by Gasteiger charge is 2.05. The van der Waals surface area contributed by atoms with Crippen LogP contribution in [0.15, 0.2) is 42.6 Å². The van der Waals surface area contributed by atoms with Gasteiger partial charge in [0.2, 0.25) is 0 Å². The number of amides is 1. The van der Waals surface area contributed by atoms with Crippen molar-refractivity contribution in [2.75, 3.05) is 6.61 Å². The minimum Gasteiger partial charge on any atom is -0.483 e. The highest BCUT2D eigenvalue weighted by atomic mass is 16.5. The predicted molar refractivity (Wildman–Crippen MR) is 80.6 cm³/mol. The largest absolute Gasteiger partial charge is 0.483 e. The SMILES string of the molecule is Cc1ccc(CNC(=O)COc2ccccc2CN)cn1. The van der Waals surface area contributed by atoms with Gasteiger partial charge in [-0.3, -0.25) is 9.78 Å². The van der Waals surface area contributed by atoms with Crippen molar-refractivity contribution in [3.63, 3.8) is 0 Å². The molecule has 1 amide bonds. The maximum absolute atomic E-state index is 11.8. The summed E-state index contributed by atoms with van der Waals surface area (Å²) in [6.07, 6.45) is 1.75. The summed E-state index contributed by atoms with van der Waals surface area (Å²) in [5.74, 6) is 0.467. The number of carbonyl (C=O) groups excluding carboxylic acids is 1. The first-order chi connectivity index (χ1) is 10.2. The van der Waals surface area contributed by atoms with Crippen LogP contribution in [0, 0.1) is 6.92 Å². The van der Waals surface area contributed by atoms with E-state index in [4.69, 9.17) is 10.5 Å². The topological polar surface area (TPSA) is 77.2 Å². The number of para-hydroxylation sites is 1. The molecule has 0 unspecified atom stereocenters. The molecule has 1 aromatic heterocycles. The van der Waals surface area contributed by atoms with E-state index in [1.807, 2.05) is 37.3 Å². The van der Waals surface area contributed by atoms with Gasteiger partial charge in [-0.1, -0.05) is 24.3 Å². The summed E-state index contributed by atoms with van der Waals surface area (Å²) >= 11 is 0. The zero-order valence-corrected chi connectivity index (χ0v) is 12.0. The molecule has 0 radical (unpaired) electrons. The van der Waals surface area contributed by atoms with Gasteiger partial charge in [-0.05, 0) is 24.6 Å². The monoisotopic (exact) mass is 285 g/mol. The number of benzene rings is 1. The standard InChI is InChI=1S/C16H19N3O2/c1-12-6-7-13(9-18-12)10-19-16(20)11-21-15-5-3-2-4-14(15)8-17/h2-7,9H,8,10-11,17H2,1H3,(H,19,20). The van der Waals surface area contributed by atoms with Gasteiger partial charge in [-0.25, -0.2) is 0 Å². The van der Waals surface area contributed by atoms with Gasteiger partial charge in [0, 0.05) is 30.5 Å². The van der Waals surface area contributed by atoms with Gasteiger partial charge in [0.15, 0.2) is 6.61 Å². The molecule has 0 saturated heterocycles. The van der Waals surface area contributed by atoms with Gasteiger partial charge in [-0.15, -0.1) is 0 Å². The smallest absolute Gasteiger partial charge is 0.258 e. The summed E-state index contributed by atoms with van der Waals surface area (Å²) in [4.78, 5) is 15.9. The summed E-state index contributed by atoms with van der Waals surface area (Å²) in [5.41, 5.74) is 8.40. The zero-order valence-electron chi connectivity index (χ0n) is 12.0. The van der Waals surface area contributed by atoms with E-state index in [1.54, 1.807) is 12.3 Å². The first-order valence-electron chi connectivity index (χ1n) is 6.78. The molecule has 0 aliphatic heterocycles. The highest BCUT2D eigenvalue weighted by molar-refractivity contribution is 5.77. The van der Waals surface area contributed by atoms with Crippen LogP contribution in [0.5, 0.6) is 5.75 Å². The molecule has 0 aliphatic carbocycles. The normalized spacial score (nSPS) is 10.2. The summed E-state index contributed by atoms with van der Waals surface area (Å²) in [6.45, 7) is 2.71. The van der Waals surface area contributed by atoms with E-state index in [9.17, 15) is 4.79 Å². The third-order valence-corrected chi connectivity index (χ3v) is 3.01. The van der Waals surface area contributed by atoms with Crippen molar-refractivity contribution < 1.29 is 9.53 Å². The lowest BCUT2D eigenvalue weighted by molar-refractivity contribution is -0.123. The third kappa shape index (κ3) is 4.57. The van der Waals surface area contributed by atoms with Gasteiger partial charge < -0.3 is 15.8 Å². The van der Waals surface area contributed by atoms with Gasteiger partial charge >= 0.3 is 0 Å². The van der Waals surface area contributed by atoms with Crippen LogP contribution < -0.4 is 15.8 Å². The molecule has 1 aromatic carbocycles. The Morgan fingerprint density at radius 3 is 2.81 bits per heavy atom. The van der Waals surface area contributed by atoms with E-state index < -0.39 is 0 Å². The summed E-state index contributed by atoms with van der Waals surface area (Å²) in [7, 11) is 0. The number of nitrogens with zero attached hydrogens (tertiary/aromatic N) is 1. The molecule has 0 saturated carbocycles. The molecule has 0 bridgehead atoms. The summed E-state index contributed by atoms with van der Waals surface area (Å²) in [5, 5.41) is 2.79. The first-order valence-corrected chi connectivity index (χ1v) is 6.78. The van der Waals surface area contributed by atoms with E-state index in [1.165, 1.54) is 0 Å². The second-order valence-corrected chi connectivity index (χ2v) is 4.69. The zero-order chi connectivity index (χ0) is 15.1. The van der Waals surface area contributed by atoms with Crippen molar-refractivity contribution in [2.24, 2.45) is 5.73 Å². The van der Waals surface area contributed by atoms with E-state index >= 15 is 0 Å². The highest BCUT2D eigenvalue weighted by Crippen LogP contribution is 2.16. The molecule has 3 N–H and O–H groups in total. The molecule has 2 aromatic rings. The van der Waals surface area contributed by atoms with Crippen molar-refractivity contribution >= 4 is 5.91 Å². The van der Waals surface area contributed by atoms with Crippen LogP contribution in [-0.2, 0) is 17.9 Å². The van der Waals surface area contributed by atoms with Gasteiger partial charge in [0.25, 0.3) is 5.91 Å². The quantitative estimate of drug-likeness (QED) is 0.844. The number of hydrogen-bond donors (Lipinski definition) is 2. The van der Waals surface area contributed by atoms with E-state index in [2.05, 4.69) is 10.3 Å². The molecule has 1 heterocycles. The molecule has 0 atom stereocenters. The Bertz CT molecular complexity index is 597. The molecular weight excluding hydrogens is 266 g/mol. The fourth-order valence-electron chi connectivity index (χ4n) is 1.81. The third-order valence-electron chi connectivity index (χ3n) is 3.01. The molecule has 0 spiro atoms. The molecular formula is C16H19N3O2. The lowest BCUT2D eigenvalue weighted by Gasteiger charge is -2.10. The fourth-order valence-corrected chi connectivity index (χ4v) is 1.81. The van der Waals surface area contributed by atoms with Crippen LogP contribution in [0.25, 0.3) is 0 Å². The number of nitrogens with one attached hydrogen (secondary N) is 1. The molecule has 21 heavy (non-hydrogen) atoms. The Labute approximate surface area is 124 Å². The van der Waals surface area contributed by atoms with Crippen molar-refractivity contribution in [2.45, 2.75) is 20.0 Å². The van der Waals surface area contributed by atoms with Crippen LogP contribution >= 0.6 is 0 Å². The van der Waals surface area contributed by atoms with Gasteiger partial charge in [0.1, 0.15) is 5.75 Å². The second kappa shape index (κ2) is 7.40. The first kappa shape index (κ1) is 15.0. The number of nitrogens with two attached hydrogens (primary N) is 1. The number of rotatable bonds is 6. The molecule has 110 valence electrons. The Kier molecular flexibility index (Phi) is 5.29. The average Bonchev–Trinajstić information content (AvgIpc) is 2.52. The number of carbonyl (C=O) groups is 1. The Morgan fingerprint density at radius 2 is 2.10 bits per heavy atom. The van der Waals surface area contributed by atoms with Crippen LogP contribution in [0.1, 0.15) is 16.8 Å². The lowest BCUT2D eigenvalue weighted by Crippen LogP contribution is -2.28. The molecule has 0 aliphatic rings. The molecule has 5 nitrogen and oxygen atoms in total. The van der Waals surface area contributed by atoms with E-state index in [-0.39, 0.29) is 12.5 Å². The number of aromatic nitrogens is 1. The van der Waals surface area contributed by atoms with Crippen LogP contribution in [-0.4, -0.2) is 17.5 Å². The number of ether oxygens (including phenoxy) is 1. The Balaban J connectivity index is 1.81. The molecule has 5 heteroatoms. The van der Waals surface area contributed by atoms with Gasteiger partial charge in [0.05, 0.1) is 0 Å². The molecule has 0 fully saturated rings. The maximum Gasteiger partial charge on any atom is 0.258 e. The number of aryl methyl sites for hydroxylation is 1. The van der Waals surface area contributed by atoms with Crippen molar-refractivity contribution in [3.05, 3.63) is 59.4 Å². The molecule has 2 rings (SSSR count). The van der Waals surface area contributed by atoms with Crippen LogP contribution in [0.2, 0.25) is 0 Å². The van der Waals surface area contributed by atoms with Gasteiger partial charge in [-0.2, -0.15) is 0 Å². The Hall–Kier alpha value is -2.40. The minimum absolute atomic E-state index is 0.0314. The second-order valence-electron chi connectivity index (χ2n) is 4.69. The van der Waals surface area contributed by atoms with Crippen molar-refractivity contribution in [1.82, 2.24) is 10.3 Å². The van der Waals surface area contributed by atoms with Crippen LogP contribution in [0.3, 0.4) is 0 Å². The fraction of sp³-hybridized carbons (Fsp3) is 0.250. The number of hydrogen-bond acceptors (Lipinski definition) is 4. The summed E-state index contributed by atoms with van der Waals surface area (Å²) in [6, 6.07) is 11.3. The van der Waals surface area contributed by atoms with Crippen molar-refractivity contribution in [1.29, 1.82) is 0 Å². The van der Waals surface area contributed by atoms with E-state index in [0.717, 1.165) is 16.8 Å². The lowest BCUT2D eigenvalue weighted by atomic mass is 10.2. The number of pyridine rings is 1. The van der Waals surface area contributed by atoms with Crippen molar-refractivity contribution in [3.8, 4) is 5.75 Å². The maximum atomic E-state index is 11.8.